The number of rotatable bonds is 16. The number of hydrogen-bond acceptors (Lipinski definition) is 8. The van der Waals surface area contributed by atoms with Crippen molar-refractivity contribution < 1.29 is 29.0 Å². The molecule has 0 unspecified atom stereocenters. The number of carbonyl (C=O) groups is 3. The molecule has 0 radical (unpaired) electrons. The van der Waals surface area contributed by atoms with Gasteiger partial charge in [-0.25, -0.2) is 0 Å². The fourth-order valence-electron chi connectivity index (χ4n) is 6.31. The van der Waals surface area contributed by atoms with Gasteiger partial charge >= 0.3 is 0 Å². The zero-order valence-electron chi connectivity index (χ0n) is 30.8. The number of unbranched alkanes of at least 4 members (excludes halogenated alkanes) is 2. The number of fused-ring (bicyclic) bond motifs is 1. The molecule has 11 nitrogen and oxygen atoms in total. The van der Waals surface area contributed by atoms with Crippen molar-refractivity contribution in [2.45, 2.75) is 64.6 Å². The summed E-state index contributed by atoms with van der Waals surface area (Å²) in [7, 11) is 2.03. The van der Waals surface area contributed by atoms with E-state index in [9.17, 15) is 19.5 Å². The van der Waals surface area contributed by atoms with Crippen molar-refractivity contribution in [2.24, 2.45) is 5.92 Å². The van der Waals surface area contributed by atoms with Crippen molar-refractivity contribution in [3.05, 3.63) is 108 Å². The van der Waals surface area contributed by atoms with E-state index in [2.05, 4.69) is 15.5 Å². The largest absolute Gasteiger partial charge is 0.486 e. The summed E-state index contributed by atoms with van der Waals surface area (Å²) >= 11 is 0. The first-order valence-electron chi connectivity index (χ1n) is 18.3. The Kier molecular flexibility index (Phi) is 13.9. The smallest absolute Gasteiger partial charge is 0.258 e. The molecule has 1 heterocycles. The first-order valence-corrected chi connectivity index (χ1v) is 18.3. The van der Waals surface area contributed by atoms with Gasteiger partial charge in [-0.1, -0.05) is 61.9 Å². The summed E-state index contributed by atoms with van der Waals surface area (Å²) in [6, 6.07) is 29.5. The number of carbonyl (C=O) groups excluding carboxylic acids is 3. The van der Waals surface area contributed by atoms with Crippen molar-refractivity contribution in [3.8, 4) is 17.2 Å². The van der Waals surface area contributed by atoms with Crippen LogP contribution in [0, 0.1) is 5.92 Å². The highest BCUT2D eigenvalue weighted by Crippen LogP contribution is 2.35. The van der Waals surface area contributed by atoms with Gasteiger partial charge in [0.05, 0.1) is 35.3 Å². The summed E-state index contributed by atoms with van der Waals surface area (Å²) in [5.74, 6) is 1.17. The average molecular weight is 722 g/mol. The molecule has 0 saturated heterocycles. The van der Waals surface area contributed by atoms with Crippen molar-refractivity contribution in [2.75, 3.05) is 43.1 Å². The lowest BCUT2D eigenvalue weighted by Gasteiger charge is -2.38. The predicted molar refractivity (Wildman–Crippen MR) is 208 cm³/mol. The second kappa shape index (κ2) is 18.9. The minimum absolute atomic E-state index is 0.0931. The van der Waals surface area contributed by atoms with Crippen molar-refractivity contribution in [1.82, 2.24) is 9.80 Å². The van der Waals surface area contributed by atoms with Crippen molar-refractivity contribution >= 4 is 34.8 Å². The van der Waals surface area contributed by atoms with E-state index in [1.807, 2.05) is 87.6 Å². The van der Waals surface area contributed by atoms with Crippen LogP contribution in [0.25, 0.3) is 0 Å². The number of likely N-dealkylation sites (N-methyl/N-ethyl adjacent to an activating group) is 1. The zero-order valence-corrected chi connectivity index (χ0v) is 30.8. The second-order valence-electron chi connectivity index (χ2n) is 13.8. The Morgan fingerprint density at radius 3 is 2.19 bits per heavy atom. The number of nitrogens with two attached hydrogens (primary N) is 1. The quantitative estimate of drug-likeness (QED) is 0.0719. The molecule has 0 fully saturated rings. The Bertz CT molecular complexity index is 1820. The lowest BCUT2D eigenvalue weighted by atomic mass is 9.98. The van der Waals surface area contributed by atoms with E-state index in [0.29, 0.717) is 73.7 Å². The predicted octanol–water partition coefficient (Wildman–Crippen LogP) is 6.94. The fourth-order valence-corrected chi connectivity index (χ4v) is 6.31. The Morgan fingerprint density at radius 1 is 0.887 bits per heavy atom. The number of hydrogen-bond donors (Lipinski definition) is 4. The van der Waals surface area contributed by atoms with E-state index in [-0.39, 0.29) is 42.8 Å². The highest BCUT2D eigenvalue weighted by atomic mass is 16.5. The summed E-state index contributed by atoms with van der Waals surface area (Å²) < 4.78 is 12.6. The number of nitrogens with one attached hydrogen (secondary N) is 2. The van der Waals surface area contributed by atoms with Gasteiger partial charge in [0.2, 0.25) is 11.8 Å². The monoisotopic (exact) mass is 721 g/mol. The van der Waals surface area contributed by atoms with Gasteiger partial charge in [-0.2, -0.15) is 0 Å². The van der Waals surface area contributed by atoms with Gasteiger partial charge in [0.15, 0.2) is 5.75 Å². The molecule has 4 aromatic rings. The minimum atomic E-state index is -0.406. The molecule has 0 spiro atoms. The SMILES string of the molecule is C[C@@H]1CN([C@H](C)CO)C(=O)c2cccc(NC(=O)CCCCCC(=O)Nc3ccccc3N)c2O[C@H]1CN(C)Cc1ccc(Oc2ccccc2)cc1. The number of benzene rings is 4. The molecule has 1 aliphatic heterocycles. The number of anilines is 3. The van der Waals surface area contributed by atoms with Crippen molar-refractivity contribution in [1.29, 1.82) is 0 Å². The molecular formula is C42H51N5O6. The second-order valence-corrected chi connectivity index (χ2v) is 13.8. The van der Waals surface area contributed by atoms with Crippen LogP contribution in [-0.4, -0.2) is 71.5 Å². The molecule has 3 atom stereocenters. The van der Waals surface area contributed by atoms with E-state index in [1.54, 1.807) is 35.2 Å². The molecule has 11 heteroatoms. The molecule has 0 bridgehead atoms. The van der Waals surface area contributed by atoms with Crippen LogP contribution in [0.2, 0.25) is 0 Å². The maximum atomic E-state index is 13.9. The number of amides is 3. The molecule has 3 amide bonds. The van der Waals surface area contributed by atoms with Crippen LogP contribution in [0.4, 0.5) is 17.1 Å². The molecule has 5 N–H and O–H groups in total. The standard InChI is InChI=1S/C42H51N5O6/c1-29-25-47(30(2)28-48)42(51)34-15-12-18-37(45-40(50)20-9-5-8-19-39(49)44-36-17-11-10-16-35(36)43)41(34)53-38(29)27-46(3)26-31-21-23-33(24-22-31)52-32-13-6-4-7-14-32/h4,6-7,10-18,21-24,29-30,38,48H,5,8-9,19-20,25-28,43H2,1-3H3,(H,44,49)(H,45,50)/t29-,30-,38+/m1/s1. The molecule has 4 aromatic carbocycles. The first-order chi connectivity index (χ1) is 25.6. The first kappa shape index (κ1) is 38.8. The Hall–Kier alpha value is -5.39. The van der Waals surface area contributed by atoms with E-state index in [0.717, 1.165) is 17.1 Å². The van der Waals surface area contributed by atoms with Crippen molar-refractivity contribution in [3.63, 3.8) is 0 Å². The lowest BCUT2D eigenvalue weighted by Crippen LogP contribution is -2.49. The third-order valence-electron chi connectivity index (χ3n) is 9.35. The lowest BCUT2D eigenvalue weighted by molar-refractivity contribution is -0.116. The molecule has 0 aromatic heterocycles. The summed E-state index contributed by atoms with van der Waals surface area (Å²) in [5, 5.41) is 15.9. The fraction of sp³-hybridized carbons (Fsp3) is 0.357. The number of nitrogens with zero attached hydrogens (tertiary/aromatic N) is 2. The molecule has 5 rings (SSSR count). The third kappa shape index (κ3) is 11.1. The van der Waals surface area contributed by atoms with Crippen LogP contribution in [0.3, 0.4) is 0 Å². The molecule has 0 aliphatic carbocycles. The number of aliphatic hydroxyl groups is 1. The minimum Gasteiger partial charge on any atom is -0.486 e. The van der Waals surface area contributed by atoms with E-state index in [1.165, 1.54) is 0 Å². The summed E-state index contributed by atoms with van der Waals surface area (Å²) in [5.41, 5.74) is 8.88. The molecule has 1 aliphatic rings. The molecule has 280 valence electrons. The number of ether oxygens (including phenoxy) is 2. The normalized spacial score (nSPS) is 16.2. The summed E-state index contributed by atoms with van der Waals surface area (Å²) in [4.78, 5) is 43.3. The molecule has 0 saturated carbocycles. The Labute approximate surface area is 312 Å². The third-order valence-corrected chi connectivity index (χ3v) is 9.35. The maximum absolute atomic E-state index is 13.9. The zero-order chi connectivity index (χ0) is 37.7. The maximum Gasteiger partial charge on any atom is 0.258 e. The van der Waals surface area contributed by atoms with Gasteiger partial charge in [-0.15, -0.1) is 0 Å². The van der Waals surface area contributed by atoms with E-state index < -0.39 is 6.04 Å². The highest BCUT2D eigenvalue weighted by Gasteiger charge is 2.34. The van der Waals surface area contributed by atoms with Gasteiger partial charge in [-0.05, 0) is 80.9 Å². The average Bonchev–Trinajstić information content (AvgIpc) is 3.15. The molecule has 53 heavy (non-hydrogen) atoms. The Balaban J connectivity index is 1.21. The van der Waals surface area contributed by atoms with Crippen LogP contribution < -0.4 is 25.8 Å². The number of aliphatic hydroxyl groups excluding tert-OH is 1. The van der Waals surface area contributed by atoms with Gasteiger partial charge in [0.25, 0.3) is 5.91 Å². The van der Waals surface area contributed by atoms with Crippen LogP contribution in [0.1, 0.15) is 61.9 Å². The van der Waals surface area contributed by atoms with Gasteiger partial charge in [-0.3, -0.25) is 19.3 Å². The van der Waals surface area contributed by atoms with Crippen LogP contribution in [-0.2, 0) is 16.1 Å². The van der Waals surface area contributed by atoms with Crippen LogP contribution in [0.5, 0.6) is 17.2 Å². The van der Waals surface area contributed by atoms with E-state index in [4.69, 9.17) is 15.2 Å². The topological polar surface area (TPSA) is 146 Å². The Morgan fingerprint density at radius 2 is 1.51 bits per heavy atom. The highest BCUT2D eigenvalue weighted by molar-refractivity contribution is 6.01. The summed E-state index contributed by atoms with van der Waals surface area (Å²) in [6.07, 6.45) is 2.14. The van der Waals surface area contributed by atoms with Gasteiger partial charge in [0.1, 0.15) is 17.6 Å². The van der Waals surface area contributed by atoms with Crippen LogP contribution >= 0.6 is 0 Å². The van der Waals surface area contributed by atoms with Crippen LogP contribution in [0.15, 0.2) is 97.1 Å². The van der Waals surface area contributed by atoms with Gasteiger partial charge in [0, 0.05) is 38.4 Å². The van der Waals surface area contributed by atoms with E-state index >= 15 is 0 Å². The summed E-state index contributed by atoms with van der Waals surface area (Å²) in [6.45, 7) is 5.29. The molecular weight excluding hydrogens is 670 g/mol. The van der Waals surface area contributed by atoms with Gasteiger partial charge < -0.3 is 35.8 Å². The number of para-hydroxylation sites is 4. The number of nitrogen functional groups attached to an aromatic ring is 1.